The van der Waals surface area contributed by atoms with Crippen molar-refractivity contribution >= 4 is 27.6 Å². The quantitative estimate of drug-likeness (QED) is 0.573. The van der Waals surface area contributed by atoms with Gasteiger partial charge in [-0.1, -0.05) is 17.7 Å². The van der Waals surface area contributed by atoms with Crippen LogP contribution in [0.4, 0.5) is 8.78 Å². The van der Waals surface area contributed by atoms with Crippen LogP contribution in [0, 0.1) is 0 Å². The molecule has 29 heavy (non-hydrogen) atoms. The first-order valence-corrected chi connectivity index (χ1v) is 9.89. The van der Waals surface area contributed by atoms with Gasteiger partial charge in [0.25, 0.3) is 0 Å². The number of carbonyl (C=O) groups is 1. The lowest BCUT2D eigenvalue weighted by Crippen LogP contribution is -2.23. The molecule has 0 aliphatic rings. The molecule has 0 saturated carbocycles. The van der Waals surface area contributed by atoms with Gasteiger partial charge in [0.1, 0.15) is 11.5 Å². The van der Waals surface area contributed by atoms with Crippen molar-refractivity contribution in [3.63, 3.8) is 0 Å². The molecule has 0 aromatic heterocycles. The van der Waals surface area contributed by atoms with Crippen LogP contribution in [0.15, 0.2) is 41.3 Å². The number of benzene rings is 2. The molecule has 0 unspecified atom stereocenters. The van der Waals surface area contributed by atoms with Crippen LogP contribution < -0.4 is 9.47 Å². The van der Waals surface area contributed by atoms with Gasteiger partial charge in [0, 0.05) is 14.1 Å². The van der Waals surface area contributed by atoms with Crippen LogP contribution >= 0.6 is 11.6 Å². The molecule has 0 bridgehead atoms. The number of hydrogen-bond acceptors (Lipinski definition) is 6. The number of methoxy groups -OCH3 is 1. The third kappa shape index (κ3) is 5.55. The average Bonchev–Trinajstić information content (AvgIpc) is 2.66. The molecule has 158 valence electrons. The molecule has 0 amide bonds. The van der Waals surface area contributed by atoms with E-state index in [1.807, 2.05) is 0 Å². The van der Waals surface area contributed by atoms with E-state index in [4.69, 9.17) is 21.1 Å². The van der Waals surface area contributed by atoms with E-state index in [2.05, 4.69) is 4.74 Å². The van der Waals surface area contributed by atoms with Crippen molar-refractivity contribution < 1.29 is 36.2 Å². The number of sulfonamides is 1. The first kappa shape index (κ1) is 22.9. The lowest BCUT2D eigenvalue weighted by molar-refractivity contribution is -0.0512. The summed E-state index contributed by atoms with van der Waals surface area (Å²) in [6.07, 6.45) is 0. The second-order valence-electron chi connectivity index (χ2n) is 5.87. The van der Waals surface area contributed by atoms with Crippen molar-refractivity contribution in [2.75, 3.05) is 21.2 Å². The maximum atomic E-state index is 12.4. The normalized spacial score (nSPS) is 11.6. The van der Waals surface area contributed by atoms with E-state index in [-0.39, 0.29) is 33.6 Å². The Kier molecular flexibility index (Phi) is 7.39. The molecule has 0 saturated heterocycles. The molecule has 7 nitrogen and oxygen atoms in total. The van der Waals surface area contributed by atoms with Crippen LogP contribution in [0.1, 0.15) is 15.9 Å². The van der Waals surface area contributed by atoms with Crippen LogP contribution in [-0.4, -0.2) is 46.5 Å². The summed E-state index contributed by atoms with van der Waals surface area (Å²) in [5.41, 5.74) is 0.436. The third-order valence-electron chi connectivity index (χ3n) is 3.74. The minimum atomic E-state index is -3.85. The SMILES string of the molecule is COc1cc(COC(=O)c2ccc(Cl)c(S(=O)(=O)N(C)C)c2)ccc1OC(F)F. The maximum Gasteiger partial charge on any atom is 0.387 e. The Bertz CT molecular complexity index is 998. The van der Waals surface area contributed by atoms with Gasteiger partial charge in [-0.2, -0.15) is 8.78 Å². The molecular weight excluding hydrogens is 432 g/mol. The van der Waals surface area contributed by atoms with E-state index in [0.29, 0.717) is 5.56 Å². The Labute approximate surface area is 171 Å². The van der Waals surface area contributed by atoms with Gasteiger partial charge < -0.3 is 14.2 Å². The highest BCUT2D eigenvalue weighted by Gasteiger charge is 2.23. The molecule has 0 radical (unpaired) electrons. The molecule has 2 aromatic rings. The number of carbonyl (C=O) groups excluding carboxylic acids is 1. The van der Waals surface area contributed by atoms with E-state index >= 15 is 0 Å². The summed E-state index contributed by atoms with van der Waals surface area (Å²) in [7, 11) is 0.107. The summed E-state index contributed by atoms with van der Waals surface area (Å²) in [5.74, 6) is -0.901. The standard InChI is InChI=1S/C18H18ClF2NO6S/c1-22(2)29(24,25)16-9-12(5-6-13(16)19)17(23)27-10-11-4-7-14(28-18(20)21)15(8-11)26-3/h4-9,18H,10H2,1-3H3. The van der Waals surface area contributed by atoms with Crippen LogP contribution in [-0.2, 0) is 21.4 Å². The monoisotopic (exact) mass is 449 g/mol. The predicted molar refractivity (Wildman–Crippen MR) is 101 cm³/mol. The van der Waals surface area contributed by atoms with Gasteiger partial charge in [0.05, 0.1) is 17.7 Å². The van der Waals surface area contributed by atoms with E-state index in [0.717, 1.165) is 10.4 Å². The molecule has 0 atom stereocenters. The predicted octanol–water partition coefficient (Wildman–Crippen LogP) is 3.56. The Morgan fingerprint density at radius 1 is 1.14 bits per heavy atom. The van der Waals surface area contributed by atoms with Gasteiger partial charge >= 0.3 is 12.6 Å². The highest BCUT2D eigenvalue weighted by molar-refractivity contribution is 7.89. The molecule has 0 fully saturated rings. The number of ether oxygens (including phenoxy) is 3. The topological polar surface area (TPSA) is 82.1 Å². The summed E-state index contributed by atoms with van der Waals surface area (Å²) in [6.45, 7) is -3.21. The summed E-state index contributed by atoms with van der Waals surface area (Å²) < 4.78 is 64.8. The number of rotatable bonds is 8. The molecule has 0 N–H and O–H groups in total. The van der Waals surface area contributed by atoms with Gasteiger partial charge in [0.2, 0.25) is 10.0 Å². The average molecular weight is 450 g/mol. The minimum absolute atomic E-state index is 0.0144. The summed E-state index contributed by atoms with van der Waals surface area (Å²) >= 11 is 5.95. The van der Waals surface area contributed by atoms with Gasteiger partial charge in [-0.15, -0.1) is 0 Å². The van der Waals surface area contributed by atoms with Gasteiger partial charge in [0.15, 0.2) is 11.5 Å². The first-order valence-electron chi connectivity index (χ1n) is 8.07. The van der Waals surface area contributed by atoms with Crippen LogP contribution in [0.25, 0.3) is 0 Å². The smallest absolute Gasteiger partial charge is 0.387 e. The number of alkyl halides is 2. The fraction of sp³-hybridized carbons (Fsp3) is 0.278. The van der Waals surface area contributed by atoms with Crippen molar-refractivity contribution in [3.8, 4) is 11.5 Å². The Hall–Kier alpha value is -2.43. The number of nitrogens with zero attached hydrogens (tertiary/aromatic N) is 1. The van der Waals surface area contributed by atoms with Gasteiger partial charge in [-0.05, 0) is 35.9 Å². The Morgan fingerprint density at radius 3 is 2.41 bits per heavy atom. The third-order valence-corrected chi connectivity index (χ3v) is 6.04. The molecule has 2 aromatic carbocycles. The maximum absolute atomic E-state index is 12.4. The van der Waals surface area contributed by atoms with E-state index in [1.54, 1.807) is 0 Å². The first-order chi connectivity index (χ1) is 13.6. The second kappa shape index (κ2) is 9.38. The molecule has 0 heterocycles. The largest absolute Gasteiger partial charge is 0.493 e. The number of halogens is 3. The van der Waals surface area contributed by atoms with E-state index < -0.39 is 22.6 Å². The summed E-state index contributed by atoms with van der Waals surface area (Å²) in [4.78, 5) is 12.1. The van der Waals surface area contributed by atoms with Crippen LogP contribution in [0.2, 0.25) is 5.02 Å². The van der Waals surface area contributed by atoms with Gasteiger partial charge in [-0.25, -0.2) is 17.5 Å². The molecule has 0 aliphatic heterocycles. The van der Waals surface area contributed by atoms with Gasteiger partial charge in [-0.3, -0.25) is 0 Å². The summed E-state index contributed by atoms with van der Waals surface area (Å²) in [6, 6.07) is 7.82. The highest BCUT2D eigenvalue weighted by Crippen LogP contribution is 2.30. The van der Waals surface area contributed by atoms with Crippen LogP contribution in [0.3, 0.4) is 0 Å². The fourth-order valence-electron chi connectivity index (χ4n) is 2.25. The Morgan fingerprint density at radius 2 is 1.83 bits per heavy atom. The van der Waals surface area contributed by atoms with Crippen molar-refractivity contribution in [3.05, 3.63) is 52.5 Å². The van der Waals surface area contributed by atoms with E-state index in [9.17, 15) is 22.0 Å². The Balaban J connectivity index is 2.18. The number of esters is 1. The van der Waals surface area contributed by atoms with Crippen molar-refractivity contribution in [1.82, 2.24) is 4.31 Å². The molecule has 0 spiro atoms. The van der Waals surface area contributed by atoms with E-state index in [1.165, 1.54) is 51.5 Å². The summed E-state index contributed by atoms with van der Waals surface area (Å²) in [5, 5.41) is -0.0328. The fourth-order valence-corrected chi connectivity index (χ4v) is 3.65. The van der Waals surface area contributed by atoms with Crippen molar-refractivity contribution in [2.24, 2.45) is 0 Å². The molecule has 0 aliphatic carbocycles. The minimum Gasteiger partial charge on any atom is -0.493 e. The van der Waals surface area contributed by atoms with Crippen molar-refractivity contribution in [1.29, 1.82) is 0 Å². The zero-order valence-corrected chi connectivity index (χ0v) is 17.3. The zero-order chi connectivity index (χ0) is 21.8. The molecule has 11 heteroatoms. The molecule has 2 rings (SSSR count). The van der Waals surface area contributed by atoms with Crippen LogP contribution in [0.5, 0.6) is 11.5 Å². The second-order valence-corrected chi connectivity index (χ2v) is 8.40. The highest BCUT2D eigenvalue weighted by atomic mass is 35.5. The van der Waals surface area contributed by atoms with Crippen molar-refractivity contribution in [2.45, 2.75) is 18.1 Å². The lowest BCUT2D eigenvalue weighted by Gasteiger charge is -2.14. The number of hydrogen-bond donors (Lipinski definition) is 0. The zero-order valence-electron chi connectivity index (χ0n) is 15.7. The lowest BCUT2D eigenvalue weighted by atomic mass is 10.2. The molecular formula is C18H18ClF2NO6S.